The number of para-hydroxylation sites is 1. The first-order chi connectivity index (χ1) is 13.7. The minimum Gasteiger partial charge on any atom is -0.388 e. The molecule has 0 amide bonds. The summed E-state index contributed by atoms with van der Waals surface area (Å²) < 4.78 is 0. The van der Waals surface area contributed by atoms with Gasteiger partial charge in [-0.25, -0.2) is 0 Å². The van der Waals surface area contributed by atoms with E-state index in [1.165, 1.54) is 16.3 Å². The molecule has 4 rings (SSSR count). The first-order valence-corrected chi connectivity index (χ1v) is 10.0. The molecule has 0 bridgehead atoms. The lowest BCUT2D eigenvalue weighted by Gasteiger charge is -2.16. The summed E-state index contributed by atoms with van der Waals surface area (Å²) >= 11 is 0. The summed E-state index contributed by atoms with van der Waals surface area (Å²) in [4.78, 5) is 7.40. The highest BCUT2D eigenvalue weighted by Gasteiger charge is 2.13. The Morgan fingerprint density at radius 1 is 1.07 bits per heavy atom. The van der Waals surface area contributed by atoms with Crippen molar-refractivity contribution in [3.05, 3.63) is 78.2 Å². The molecule has 4 nitrogen and oxygen atoms in total. The fraction of sp³-hybridized carbons (Fsp3) is 0.292. The summed E-state index contributed by atoms with van der Waals surface area (Å²) in [5.74, 6) is 0. The number of aliphatic hydroxyl groups is 1. The van der Waals surface area contributed by atoms with Gasteiger partial charge in [-0.3, -0.25) is 4.98 Å². The molecular formula is C24H27N3O. The van der Waals surface area contributed by atoms with Crippen LogP contribution in [0.1, 0.15) is 43.4 Å². The Bertz CT molecular complexity index is 1060. The molecular weight excluding hydrogens is 346 g/mol. The molecule has 0 radical (unpaired) electrons. The Morgan fingerprint density at radius 3 is 2.89 bits per heavy atom. The molecule has 0 fully saturated rings. The summed E-state index contributed by atoms with van der Waals surface area (Å²) in [6.45, 7) is 3.06. The van der Waals surface area contributed by atoms with Crippen molar-refractivity contribution in [2.45, 2.75) is 44.9 Å². The van der Waals surface area contributed by atoms with E-state index >= 15 is 0 Å². The van der Waals surface area contributed by atoms with E-state index in [4.69, 9.17) is 0 Å². The molecule has 28 heavy (non-hydrogen) atoms. The quantitative estimate of drug-likeness (QED) is 0.403. The van der Waals surface area contributed by atoms with Crippen LogP contribution in [-0.2, 0) is 6.54 Å². The second-order valence-electron chi connectivity index (χ2n) is 7.58. The molecule has 144 valence electrons. The molecule has 0 spiro atoms. The van der Waals surface area contributed by atoms with Crippen molar-refractivity contribution in [2.75, 3.05) is 0 Å². The van der Waals surface area contributed by atoms with Gasteiger partial charge in [0.15, 0.2) is 0 Å². The SMILES string of the molecule is C[C@H](CCCC(O)c1c[nH]c2ccccc12)NCc1ccc2cnccc2c1. The lowest BCUT2D eigenvalue weighted by Crippen LogP contribution is -2.25. The number of aromatic amines is 1. The van der Waals surface area contributed by atoms with Gasteiger partial charge in [0.25, 0.3) is 0 Å². The van der Waals surface area contributed by atoms with E-state index in [1.807, 2.05) is 42.9 Å². The van der Waals surface area contributed by atoms with Crippen molar-refractivity contribution in [1.82, 2.24) is 15.3 Å². The molecule has 0 saturated heterocycles. The van der Waals surface area contributed by atoms with Gasteiger partial charge in [0.2, 0.25) is 0 Å². The van der Waals surface area contributed by atoms with Crippen molar-refractivity contribution in [3.8, 4) is 0 Å². The monoisotopic (exact) mass is 373 g/mol. The Labute approximate surface area is 165 Å². The predicted molar refractivity (Wildman–Crippen MR) is 115 cm³/mol. The molecule has 0 aliphatic rings. The molecule has 2 aromatic heterocycles. The van der Waals surface area contributed by atoms with Gasteiger partial charge in [0.05, 0.1) is 6.10 Å². The summed E-state index contributed by atoms with van der Waals surface area (Å²) in [6.07, 6.45) is 8.05. The van der Waals surface area contributed by atoms with Gasteiger partial charge in [0.1, 0.15) is 0 Å². The lowest BCUT2D eigenvalue weighted by molar-refractivity contribution is 0.164. The number of hydrogen-bond acceptors (Lipinski definition) is 3. The third kappa shape index (κ3) is 4.24. The minimum atomic E-state index is -0.419. The van der Waals surface area contributed by atoms with Crippen LogP contribution in [-0.4, -0.2) is 21.1 Å². The number of H-pyrrole nitrogens is 1. The van der Waals surface area contributed by atoms with Gasteiger partial charge in [-0.15, -0.1) is 0 Å². The third-order valence-corrected chi connectivity index (χ3v) is 5.45. The van der Waals surface area contributed by atoms with Crippen molar-refractivity contribution in [3.63, 3.8) is 0 Å². The number of nitrogens with one attached hydrogen (secondary N) is 2. The summed E-state index contributed by atoms with van der Waals surface area (Å²) in [6, 6.07) is 17.1. The molecule has 0 aliphatic carbocycles. The molecule has 2 heterocycles. The average Bonchev–Trinajstić information content (AvgIpc) is 3.16. The zero-order valence-corrected chi connectivity index (χ0v) is 16.2. The Hall–Kier alpha value is -2.69. The Balaban J connectivity index is 1.25. The fourth-order valence-corrected chi connectivity index (χ4v) is 3.78. The summed E-state index contributed by atoms with van der Waals surface area (Å²) in [5.41, 5.74) is 3.36. The van der Waals surface area contributed by atoms with Crippen LogP contribution in [0.15, 0.2) is 67.1 Å². The standard InChI is InChI=1S/C24H27N3O/c1-17(26-14-18-9-10-20-15-25-12-11-19(20)13-18)5-4-8-24(28)22-16-27-23-7-3-2-6-21(22)23/h2-3,6-7,9-13,15-17,24,26-28H,4-5,8,14H2,1H3/t17-,24?/m1/s1. The van der Waals surface area contributed by atoms with Crippen LogP contribution in [0, 0.1) is 0 Å². The second-order valence-corrected chi connectivity index (χ2v) is 7.58. The maximum absolute atomic E-state index is 10.6. The number of rotatable bonds is 8. The van der Waals surface area contributed by atoms with Crippen molar-refractivity contribution < 1.29 is 5.11 Å². The third-order valence-electron chi connectivity index (χ3n) is 5.45. The van der Waals surface area contributed by atoms with Crippen LogP contribution in [0.3, 0.4) is 0 Å². The van der Waals surface area contributed by atoms with Gasteiger partial charge in [-0.05, 0) is 55.3 Å². The highest BCUT2D eigenvalue weighted by atomic mass is 16.3. The zero-order chi connectivity index (χ0) is 19.3. The molecule has 0 aliphatic heterocycles. The van der Waals surface area contributed by atoms with Crippen LogP contribution < -0.4 is 5.32 Å². The largest absolute Gasteiger partial charge is 0.388 e. The molecule has 3 N–H and O–H groups in total. The van der Waals surface area contributed by atoms with E-state index in [0.717, 1.165) is 42.3 Å². The van der Waals surface area contributed by atoms with Gasteiger partial charge in [-0.1, -0.05) is 30.3 Å². The number of benzene rings is 2. The minimum absolute atomic E-state index is 0.406. The predicted octanol–water partition coefficient (Wildman–Crippen LogP) is 5.10. The topological polar surface area (TPSA) is 60.9 Å². The van der Waals surface area contributed by atoms with E-state index < -0.39 is 6.10 Å². The number of nitrogens with zero attached hydrogens (tertiary/aromatic N) is 1. The van der Waals surface area contributed by atoms with E-state index in [0.29, 0.717) is 6.04 Å². The number of hydrogen-bond donors (Lipinski definition) is 3. The molecule has 2 aromatic carbocycles. The van der Waals surface area contributed by atoms with E-state index in [1.54, 1.807) is 0 Å². The van der Waals surface area contributed by atoms with E-state index in [9.17, 15) is 5.11 Å². The normalized spacial score (nSPS) is 13.8. The van der Waals surface area contributed by atoms with Crippen molar-refractivity contribution >= 4 is 21.7 Å². The molecule has 2 atom stereocenters. The number of aliphatic hydroxyl groups excluding tert-OH is 1. The van der Waals surface area contributed by atoms with Gasteiger partial charge in [0, 0.05) is 53.0 Å². The molecule has 4 heteroatoms. The second kappa shape index (κ2) is 8.55. The van der Waals surface area contributed by atoms with E-state index in [-0.39, 0.29) is 0 Å². The van der Waals surface area contributed by atoms with Crippen LogP contribution in [0.4, 0.5) is 0 Å². The highest BCUT2D eigenvalue weighted by molar-refractivity contribution is 5.83. The number of aromatic nitrogens is 2. The highest BCUT2D eigenvalue weighted by Crippen LogP contribution is 2.27. The molecule has 4 aromatic rings. The van der Waals surface area contributed by atoms with Gasteiger partial charge >= 0.3 is 0 Å². The number of pyridine rings is 1. The maximum atomic E-state index is 10.6. The van der Waals surface area contributed by atoms with Crippen molar-refractivity contribution in [1.29, 1.82) is 0 Å². The summed E-state index contributed by atoms with van der Waals surface area (Å²) in [5, 5.41) is 17.7. The maximum Gasteiger partial charge on any atom is 0.0810 e. The van der Waals surface area contributed by atoms with Crippen LogP contribution in [0.25, 0.3) is 21.7 Å². The van der Waals surface area contributed by atoms with Crippen LogP contribution in [0.2, 0.25) is 0 Å². The van der Waals surface area contributed by atoms with Gasteiger partial charge in [-0.2, -0.15) is 0 Å². The molecule has 0 saturated carbocycles. The first kappa shape index (κ1) is 18.7. The smallest absolute Gasteiger partial charge is 0.0810 e. The zero-order valence-electron chi connectivity index (χ0n) is 16.2. The first-order valence-electron chi connectivity index (χ1n) is 10.0. The van der Waals surface area contributed by atoms with Gasteiger partial charge < -0.3 is 15.4 Å². The Kier molecular flexibility index (Phi) is 5.70. The fourth-order valence-electron chi connectivity index (χ4n) is 3.78. The average molecular weight is 374 g/mol. The molecule has 1 unspecified atom stereocenters. The van der Waals surface area contributed by atoms with Crippen LogP contribution >= 0.6 is 0 Å². The van der Waals surface area contributed by atoms with Crippen LogP contribution in [0.5, 0.6) is 0 Å². The summed E-state index contributed by atoms with van der Waals surface area (Å²) in [7, 11) is 0. The van der Waals surface area contributed by atoms with Crippen molar-refractivity contribution in [2.24, 2.45) is 0 Å². The number of fused-ring (bicyclic) bond motifs is 2. The lowest BCUT2D eigenvalue weighted by atomic mass is 10.0. The Morgan fingerprint density at radius 2 is 1.96 bits per heavy atom. The van der Waals surface area contributed by atoms with E-state index in [2.05, 4.69) is 46.5 Å².